The molecule has 0 saturated carbocycles. The first-order valence-corrected chi connectivity index (χ1v) is 11.6. The molecule has 8 heteroatoms. The van der Waals surface area contributed by atoms with Crippen molar-refractivity contribution in [3.05, 3.63) is 93.7 Å². The Balaban J connectivity index is 2.10. The Bertz CT molecular complexity index is 1180. The van der Waals surface area contributed by atoms with Crippen LogP contribution in [0.15, 0.2) is 71.2 Å². The molecule has 3 aromatic carbocycles. The molecule has 1 aliphatic rings. The van der Waals surface area contributed by atoms with E-state index in [-0.39, 0.29) is 24.3 Å². The van der Waals surface area contributed by atoms with E-state index < -0.39 is 23.2 Å². The Morgan fingerprint density at radius 3 is 2.38 bits per heavy atom. The quantitative estimate of drug-likeness (QED) is 0.359. The number of alkyl halides is 2. The van der Waals surface area contributed by atoms with Crippen molar-refractivity contribution in [2.45, 2.75) is 24.8 Å². The maximum atomic E-state index is 16.6. The van der Waals surface area contributed by atoms with Crippen LogP contribution in [-0.2, 0) is 21.5 Å². The van der Waals surface area contributed by atoms with Crippen LogP contribution in [0.5, 0.6) is 5.75 Å². The van der Waals surface area contributed by atoms with Crippen molar-refractivity contribution in [2.24, 2.45) is 0 Å². The molecule has 4 nitrogen and oxygen atoms in total. The van der Waals surface area contributed by atoms with E-state index in [1.54, 1.807) is 42.5 Å². The van der Waals surface area contributed by atoms with Crippen molar-refractivity contribution in [1.29, 1.82) is 0 Å². The van der Waals surface area contributed by atoms with Gasteiger partial charge in [-0.3, -0.25) is 0 Å². The average Bonchev–Trinajstić information content (AvgIpc) is 2.84. The highest BCUT2D eigenvalue weighted by Crippen LogP contribution is 2.53. The maximum absolute atomic E-state index is 16.6. The summed E-state index contributed by atoms with van der Waals surface area (Å²) in [4.78, 5) is 14.4. The SMILES string of the molecule is CCOC(=O)C(F)(F)C1(c2ccc(Br)cc2)c2ccc(OC)cc2CCN1c1ccc(F)cc1. The van der Waals surface area contributed by atoms with E-state index in [0.717, 1.165) is 0 Å². The molecular weight excluding hydrogens is 511 g/mol. The molecule has 1 aliphatic heterocycles. The van der Waals surface area contributed by atoms with Gasteiger partial charge in [0.25, 0.3) is 0 Å². The molecule has 1 unspecified atom stereocenters. The summed E-state index contributed by atoms with van der Waals surface area (Å²) in [6.07, 6.45) is 0.418. The zero-order chi connectivity index (χ0) is 24.5. The first kappa shape index (κ1) is 24.1. The van der Waals surface area contributed by atoms with Crippen LogP contribution in [0.25, 0.3) is 0 Å². The number of carbonyl (C=O) groups excluding carboxylic acids is 1. The number of methoxy groups -OCH3 is 1. The number of ether oxygens (including phenoxy) is 2. The van der Waals surface area contributed by atoms with Gasteiger partial charge in [-0.15, -0.1) is 0 Å². The van der Waals surface area contributed by atoms with Gasteiger partial charge in [-0.1, -0.05) is 34.1 Å². The molecule has 0 spiro atoms. The summed E-state index contributed by atoms with van der Waals surface area (Å²) in [6, 6.07) is 16.6. The molecule has 0 fully saturated rings. The number of esters is 1. The molecule has 0 bridgehead atoms. The molecule has 3 aromatic rings. The number of benzene rings is 3. The van der Waals surface area contributed by atoms with Gasteiger partial charge in [-0.05, 0) is 78.6 Å². The van der Waals surface area contributed by atoms with Gasteiger partial charge in [0.2, 0.25) is 0 Å². The highest BCUT2D eigenvalue weighted by molar-refractivity contribution is 9.10. The summed E-state index contributed by atoms with van der Waals surface area (Å²) >= 11 is 3.36. The number of halogens is 4. The van der Waals surface area contributed by atoms with Crippen LogP contribution in [0.3, 0.4) is 0 Å². The number of hydrogen-bond acceptors (Lipinski definition) is 4. The van der Waals surface area contributed by atoms with Crippen molar-refractivity contribution < 1.29 is 27.4 Å². The highest BCUT2D eigenvalue weighted by Gasteiger charge is 2.67. The Labute approximate surface area is 204 Å². The Kier molecular flexibility index (Phi) is 6.62. The third-order valence-electron chi connectivity index (χ3n) is 6.10. The summed E-state index contributed by atoms with van der Waals surface area (Å²) in [5, 5.41) is 0. The van der Waals surface area contributed by atoms with Crippen LogP contribution in [0.4, 0.5) is 18.9 Å². The molecule has 1 heterocycles. The normalized spacial score (nSPS) is 17.8. The Morgan fingerprint density at radius 1 is 1.09 bits per heavy atom. The van der Waals surface area contributed by atoms with Crippen LogP contribution in [-0.4, -0.2) is 32.2 Å². The molecule has 0 aromatic heterocycles. The van der Waals surface area contributed by atoms with E-state index in [1.807, 2.05) is 0 Å². The van der Waals surface area contributed by atoms with Gasteiger partial charge in [-0.2, -0.15) is 8.78 Å². The molecule has 34 heavy (non-hydrogen) atoms. The van der Waals surface area contributed by atoms with E-state index >= 15 is 8.78 Å². The molecule has 4 rings (SSSR count). The second-order valence-corrected chi connectivity index (χ2v) is 8.83. The number of fused-ring (bicyclic) bond motifs is 1. The van der Waals surface area contributed by atoms with Crippen molar-refractivity contribution in [1.82, 2.24) is 0 Å². The van der Waals surface area contributed by atoms with Crippen LogP contribution in [0.1, 0.15) is 23.6 Å². The lowest BCUT2D eigenvalue weighted by atomic mass is 9.71. The summed E-state index contributed by atoms with van der Waals surface area (Å²) < 4.78 is 57.8. The van der Waals surface area contributed by atoms with Gasteiger partial charge < -0.3 is 14.4 Å². The zero-order valence-corrected chi connectivity index (χ0v) is 20.2. The van der Waals surface area contributed by atoms with Gasteiger partial charge in [0, 0.05) is 16.7 Å². The lowest BCUT2D eigenvalue weighted by Crippen LogP contribution is -2.65. The monoisotopic (exact) mass is 533 g/mol. The second kappa shape index (κ2) is 9.33. The zero-order valence-electron chi connectivity index (χ0n) is 18.7. The molecule has 0 amide bonds. The molecule has 0 radical (unpaired) electrons. The third-order valence-corrected chi connectivity index (χ3v) is 6.63. The van der Waals surface area contributed by atoms with Gasteiger partial charge in [0.05, 0.1) is 13.7 Å². The predicted molar refractivity (Wildman–Crippen MR) is 127 cm³/mol. The largest absolute Gasteiger partial charge is 0.497 e. The summed E-state index contributed by atoms with van der Waals surface area (Å²) in [5.74, 6) is -5.60. The van der Waals surface area contributed by atoms with E-state index in [9.17, 15) is 9.18 Å². The second-order valence-electron chi connectivity index (χ2n) is 7.91. The summed E-state index contributed by atoms with van der Waals surface area (Å²) in [7, 11) is 1.50. The van der Waals surface area contributed by atoms with E-state index in [1.165, 1.54) is 43.2 Å². The summed E-state index contributed by atoms with van der Waals surface area (Å²) in [6.45, 7) is 1.44. The molecule has 1 atom stereocenters. The van der Waals surface area contributed by atoms with Crippen LogP contribution in [0, 0.1) is 5.82 Å². The highest BCUT2D eigenvalue weighted by atomic mass is 79.9. The fraction of sp³-hybridized carbons (Fsp3) is 0.269. The number of rotatable bonds is 6. The van der Waals surface area contributed by atoms with E-state index in [4.69, 9.17) is 9.47 Å². The first-order chi connectivity index (χ1) is 16.2. The first-order valence-electron chi connectivity index (χ1n) is 10.8. The van der Waals surface area contributed by atoms with Crippen LogP contribution in [0.2, 0.25) is 0 Å². The van der Waals surface area contributed by atoms with Gasteiger partial charge in [-0.25, -0.2) is 9.18 Å². The molecule has 0 N–H and O–H groups in total. The Hall–Kier alpha value is -3.00. The standard InChI is InChI=1S/C26H23BrF3NO3/c1-3-34-24(32)26(29,30)25(18-4-6-19(27)7-5-18)23-13-12-22(33-2)16-17(23)14-15-31(25)21-10-8-20(28)9-11-21/h4-13,16H,3,14-15H2,1-2H3. The smallest absolute Gasteiger partial charge is 0.380 e. The fourth-order valence-electron chi connectivity index (χ4n) is 4.64. The molecular formula is C26H23BrF3NO3. The molecule has 0 saturated heterocycles. The van der Waals surface area contributed by atoms with Gasteiger partial charge >= 0.3 is 11.9 Å². The number of carbonyl (C=O) groups is 1. The predicted octanol–water partition coefficient (Wildman–Crippen LogP) is 6.10. The van der Waals surface area contributed by atoms with Crippen LogP contribution >= 0.6 is 15.9 Å². The van der Waals surface area contributed by atoms with Crippen molar-refractivity contribution in [3.63, 3.8) is 0 Å². The minimum absolute atomic E-state index is 0.150. The van der Waals surface area contributed by atoms with Gasteiger partial charge in [0.1, 0.15) is 11.6 Å². The topological polar surface area (TPSA) is 38.8 Å². The van der Waals surface area contributed by atoms with E-state index in [2.05, 4.69) is 15.9 Å². The number of anilines is 1. The third kappa shape index (κ3) is 3.83. The van der Waals surface area contributed by atoms with E-state index in [0.29, 0.717) is 27.9 Å². The van der Waals surface area contributed by atoms with Crippen molar-refractivity contribution >= 4 is 27.6 Å². The maximum Gasteiger partial charge on any atom is 0.380 e. The van der Waals surface area contributed by atoms with Gasteiger partial charge in [0.15, 0.2) is 5.54 Å². The Morgan fingerprint density at radius 2 is 1.76 bits per heavy atom. The van der Waals surface area contributed by atoms with Crippen molar-refractivity contribution in [3.8, 4) is 5.75 Å². The molecule has 0 aliphatic carbocycles. The lowest BCUT2D eigenvalue weighted by Gasteiger charge is -2.52. The molecule has 178 valence electrons. The minimum Gasteiger partial charge on any atom is -0.497 e. The number of nitrogens with zero attached hydrogens (tertiary/aromatic N) is 1. The number of hydrogen-bond donors (Lipinski definition) is 0. The average molecular weight is 534 g/mol. The summed E-state index contributed by atoms with van der Waals surface area (Å²) in [5.41, 5.74) is -0.815. The lowest BCUT2D eigenvalue weighted by molar-refractivity contribution is -0.181. The fourth-order valence-corrected chi connectivity index (χ4v) is 4.90. The van der Waals surface area contributed by atoms with Crippen molar-refractivity contribution in [2.75, 3.05) is 25.2 Å². The van der Waals surface area contributed by atoms with Crippen LogP contribution < -0.4 is 9.64 Å². The minimum atomic E-state index is -4.00.